The summed E-state index contributed by atoms with van der Waals surface area (Å²) in [6.07, 6.45) is 1.88. The minimum atomic E-state index is -0.0967. The zero-order valence-corrected chi connectivity index (χ0v) is 21.8. The third-order valence-electron chi connectivity index (χ3n) is 5.78. The Morgan fingerprint density at radius 2 is 1.63 bits per heavy atom. The molecule has 5 nitrogen and oxygen atoms in total. The van der Waals surface area contributed by atoms with Gasteiger partial charge in [-0.25, -0.2) is 4.99 Å². The summed E-state index contributed by atoms with van der Waals surface area (Å²) in [5.41, 5.74) is 6.85. The molecule has 6 heteroatoms. The summed E-state index contributed by atoms with van der Waals surface area (Å²) in [6, 6.07) is 18.0. The van der Waals surface area contributed by atoms with E-state index in [4.69, 9.17) is 14.5 Å². The Morgan fingerprint density at radius 1 is 0.914 bits per heavy atom. The van der Waals surface area contributed by atoms with Gasteiger partial charge in [0.15, 0.2) is 16.7 Å². The maximum Gasteiger partial charge on any atom is 0.271 e. The molecule has 0 unspecified atom stereocenters. The number of benzene rings is 3. The van der Waals surface area contributed by atoms with Crippen LogP contribution in [0, 0.1) is 27.7 Å². The lowest BCUT2D eigenvalue weighted by Crippen LogP contribution is -2.29. The van der Waals surface area contributed by atoms with E-state index in [0.29, 0.717) is 28.2 Å². The molecule has 0 spiro atoms. The van der Waals surface area contributed by atoms with Gasteiger partial charge in [0, 0.05) is 0 Å². The molecule has 1 aliphatic rings. The predicted molar refractivity (Wildman–Crippen MR) is 146 cm³/mol. The molecule has 3 aromatic carbocycles. The smallest absolute Gasteiger partial charge is 0.271 e. The minimum Gasteiger partial charge on any atom is -0.493 e. The fourth-order valence-electron chi connectivity index (χ4n) is 3.86. The van der Waals surface area contributed by atoms with E-state index in [1.54, 1.807) is 12.0 Å². The van der Waals surface area contributed by atoms with Gasteiger partial charge in [-0.15, -0.1) is 0 Å². The largest absolute Gasteiger partial charge is 0.493 e. The maximum atomic E-state index is 13.8. The van der Waals surface area contributed by atoms with E-state index in [1.807, 2.05) is 77.1 Å². The lowest BCUT2D eigenvalue weighted by molar-refractivity contribution is -0.113. The van der Waals surface area contributed by atoms with Gasteiger partial charge in [0.1, 0.15) is 0 Å². The van der Waals surface area contributed by atoms with Gasteiger partial charge in [-0.1, -0.05) is 30.3 Å². The third-order valence-corrected chi connectivity index (χ3v) is 6.75. The van der Waals surface area contributed by atoms with Crippen molar-refractivity contribution < 1.29 is 14.3 Å². The van der Waals surface area contributed by atoms with E-state index in [0.717, 1.165) is 39.2 Å². The second-order valence-electron chi connectivity index (χ2n) is 8.57. The second-order valence-corrected chi connectivity index (χ2v) is 9.58. The quantitative estimate of drug-likeness (QED) is 0.348. The van der Waals surface area contributed by atoms with Gasteiger partial charge in [-0.05, 0) is 105 Å². The van der Waals surface area contributed by atoms with E-state index in [-0.39, 0.29) is 5.91 Å². The molecule has 0 atom stereocenters. The van der Waals surface area contributed by atoms with Crippen LogP contribution in [0.25, 0.3) is 6.08 Å². The molecule has 1 fully saturated rings. The van der Waals surface area contributed by atoms with Crippen molar-refractivity contribution in [2.75, 3.05) is 18.6 Å². The number of anilines is 1. The highest BCUT2D eigenvalue weighted by atomic mass is 32.2. The van der Waals surface area contributed by atoms with Gasteiger partial charge in [-0.3, -0.25) is 9.69 Å². The average molecular weight is 487 g/mol. The van der Waals surface area contributed by atoms with Crippen LogP contribution in [0.2, 0.25) is 0 Å². The number of thioether (sulfide) groups is 1. The third kappa shape index (κ3) is 5.28. The van der Waals surface area contributed by atoms with Gasteiger partial charge < -0.3 is 9.47 Å². The standard InChI is InChI=1S/C29H30N2O3S/c1-7-34-25-13-12-22(16-26(25)33-6)17-27-28(32)31(24-15-19(3)9-11-21(24)5)29(35-27)30-23-14-18(2)8-10-20(23)4/h8-17H,7H2,1-6H3. The number of hydrogen-bond acceptors (Lipinski definition) is 5. The molecule has 0 saturated carbocycles. The molecule has 1 heterocycles. The Kier molecular flexibility index (Phi) is 7.31. The number of methoxy groups -OCH3 is 1. The lowest BCUT2D eigenvalue weighted by Gasteiger charge is -2.19. The van der Waals surface area contributed by atoms with E-state index in [2.05, 4.69) is 18.2 Å². The number of amides is 1. The van der Waals surface area contributed by atoms with Gasteiger partial charge in [0.2, 0.25) is 0 Å². The fourth-order valence-corrected chi connectivity index (χ4v) is 4.85. The number of amidine groups is 1. The molecule has 3 aromatic rings. The summed E-state index contributed by atoms with van der Waals surface area (Å²) in [6.45, 7) is 10.6. The molecule has 4 rings (SSSR count). The number of carbonyl (C=O) groups excluding carboxylic acids is 1. The van der Waals surface area contributed by atoms with Crippen LogP contribution >= 0.6 is 11.8 Å². The minimum absolute atomic E-state index is 0.0967. The first kappa shape index (κ1) is 24.6. The monoisotopic (exact) mass is 486 g/mol. The van der Waals surface area contributed by atoms with E-state index >= 15 is 0 Å². The summed E-state index contributed by atoms with van der Waals surface area (Å²) in [5, 5.41) is 0.640. The van der Waals surface area contributed by atoms with Gasteiger partial charge >= 0.3 is 0 Å². The number of ether oxygens (including phenoxy) is 2. The zero-order chi connectivity index (χ0) is 25.1. The van der Waals surface area contributed by atoms with Crippen LogP contribution in [-0.4, -0.2) is 24.8 Å². The van der Waals surface area contributed by atoms with Gasteiger partial charge in [0.05, 0.1) is 30.0 Å². The van der Waals surface area contributed by atoms with E-state index in [1.165, 1.54) is 11.8 Å². The normalized spacial score (nSPS) is 15.8. The highest BCUT2D eigenvalue weighted by Gasteiger charge is 2.35. The molecule has 35 heavy (non-hydrogen) atoms. The highest BCUT2D eigenvalue weighted by molar-refractivity contribution is 8.19. The molecule has 1 aliphatic heterocycles. The van der Waals surface area contributed by atoms with Crippen molar-refractivity contribution >= 4 is 40.3 Å². The number of aliphatic imine (C=N–C) groups is 1. The Balaban J connectivity index is 1.82. The second kappa shape index (κ2) is 10.4. The van der Waals surface area contributed by atoms with Crippen LogP contribution in [0.3, 0.4) is 0 Å². The van der Waals surface area contributed by atoms with Crippen LogP contribution in [0.4, 0.5) is 11.4 Å². The first-order valence-electron chi connectivity index (χ1n) is 11.6. The zero-order valence-electron chi connectivity index (χ0n) is 21.0. The van der Waals surface area contributed by atoms with Crippen molar-refractivity contribution in [2.24, 2.45) is 4.99 Å². The van der Waals surface area contributed by atoms with Crippen LogP contribution in [0.15, 0.2) is 64.5 Å². The highest BCUT2D eigenvalue weighted by Crippen LogP contribution is 2.40. The number of rotatable bonds is 6. The number of carbonyl (C=O) groups is 1. The van der Waals surface area contributed by atoms with Crippen molar-refractivity contribution in [3.8, 4) is 11.5 Å². The SMILES string of the molecule is CCOc1ccc(C=C2SC(=Nc3cc(C)ccc3C)N(c3cc(C)ccc3C)C2=O)cc1OC. The number of aryl methyl sites for hydroxylation is 4. The molecule has 0 bridgehead atoms. The summed E-state index contributed by atoms with van der Waals surface area (Å²) in [7, 11) is 1.61. The topological polar surface area (TPSA) is 51.1 Å². The summed E-state index contributed by atoms with van der Waals surface area (Å²) >= 11 is 1.38. The predicted octanol–water partition coefficient (Wildman–Crippen LogP) is 7.14. The molecule has 0 radical (unpaired) electrons. The van der Waals surface area contributed by atoms with Crippen molar-refractivity contribution in [2.45, 2.75) is 34.6 Å². The molecular weight excluding hydrogens is 456 g/mol. The Morgan fingerprint density at radius 3 is 2.34 bits per heavy atom. The lowest BCUT2D eigenvalue weighted by atomic mass is 10.1. The molecule has 0 aromatic heterocycles. The van der Waals surface area contributed by atoms with Crippen molar-refractivity contribution in [3.05, 3.63) is 87.3 Å². The molecule has 0 N–H and O–H groups in total. The van der Waals surface area contributed by atoms with Gasteiger partial charge in [-0.2, -0.15) is 0 Å². The van der Waals surface area contributed by atoms with Crippen LogP contribution in [-0.2, 0) is 4.79 Å². The molecule has 0 aliphatic carbocycles. The number of nitrogens with zero attached hydrogens (tertiary/aromatic N) is 2. The summed E-state index contributed by atoms with van der Waals surface area (Å²) < 4.78 is 11.1. The Hall–Kier alpha value is -3.51. The fraction of sp³-hybridized carbons (Fsp3) is 0.241. The first-order chi connectivity index (χ1) is 16.8. The van der Waals surface area contributed by atoms with Crippen LogP contribution < -0.4 is 14.4 Å². The van der Waals surface area contributed by atoms with Gasteiger partial charge in [0.25, 0.3) is 5.91 Å². The number of hydrogen-bond donors (Lipinski definition) is 0. The molecule has 180 valence electrons. The maximum absolute atomic E-state index is 13.8. The van der Waals surface area contributed by atoms with Crippen molar-refractivity contribution in [3.63, 3.8) is 0 Å². The molecular formula is C29H30N2O3S. The van der Waals surface area contributed by atoms with Crippen LogP contribution in [0.1, 0.15) is 34.7 Å². The Labute approximate surface area is 211 Å². The van der Waals surface area contributed by atoms with E-state index < -0.39 is 0 Å². The van der Waals surface area contributed by atoms with Crippen molar-refractivity contribution in [1.29, 1.82) is 0 Å². The average Bonchev–Trinajstić information content (AvgIpc) is 3.13. The molecule has 1 saturated heterocycles. The summed E-state index contributed by atoms with van der Waals surface area (Å²) in [4.78, 5) is 21.0. The summed E-state index contributed by atoms with van der Waals surface area (Å²) in [5.74, 6) is 1.21. The van der Waals surface area contributed by atoms with E-state index in [9.17, 15) is 4.79 Å². The van der Waals surface area contributed by atoms with Crippen LogP contribution in [0.5, 0.6) is 11.5 Å². The molecule has 1 amide bonds. The Bertz CT molecular complexity index is 1340. The first-order valence-corrected chi connectivity index (χ1v) is 12.4. The van der Waals surface area contributed by atoms with Crippen molar-refractivity contribution in [1.82, 2.24) is 0 Å².